The lowest BCUT2D eigenvalue weighted by Crippen LogP contribution is -2.49. The maximum absolute atomic E-state index is 13.2. The number of carbonyl (C=O) groups excluding carboxylic acids is 2. The molecule has 4 aliphatic rings. The molecule has 1 N–H and O–H groups in total. The molecule has 1 saturated carbocycles. The van der Waals surface area contributed by atoms with E-state index in [1.165, 1.54) is 0 Å². The minimum Gasteiger partial charge on any atom is -0.356 e. The summed E-state index contributed by atoms with van der Waals surface area (Å²) in [6.45, 7) is 2.13. The number of carbonyl (C=O) groups is 2. The van der Waals surface area contributed by atoms with E-state index in [0.29, 0.717) is 18.2 Å². The summed E-state index contributed by atoms with van der Waals surface area (Å²) in [5.41, 5.74) is 3.26. The zero-order valence-electron chi connectivity index (χ0n) is 17.1. The van der Waals surface area contributed by atoms with Gasteiger partial charge in [-0.25, -0.2) is 9.97 Å². The van der Waals surface area contributed by atoms with Crippen molar-refractivity contribution in [2.45, 2.75) is 43.4 Å². The average molecular weight is 403 g/mol. The van der Waals surface area contributed by atoms with E-state index >= 15 is 0 Å². The second kappa shape index (κ2) is 6.27. The Kier molecular flexibility index (Phi) is 3.73. The monoisotopic (exact) mass is 403 g/mol. The molecule has 7 heteroatoms. The number of rotatable bonds is 2. The van der Waals surface area contributed by atoms with Gasteiger partial charge in [-0.15, -0.1) is 0 Å². The molecule has 4 heterocycles. The molecule has 0 atom stereocenters. The highest BCUT2D eigenvalue weighted by Crippen LogP contribution is 2.48. The number of likely N-dealkylation sites (N-methyl/N-ethyl adjacent to an activating group) is 1. The summed E-state index contributed by atoms with van der Waals surface area (Å²) in [7, 11) is 1.88. The summed E-state index contributed by atoms with van der Waals surface area (Å²) in [5, 5.41) is 2.92. The standard InChI is InChI=1S/C23H25N5O2/c1-27-17-5-3-2-4-16(17)23(22(27)30)9-12-28(13-10-23)20-15-8-11-24-21(29)18(15)25-19(26-20)14-6-7-14/h2-5,14H,6-13H2,1H3,(H,24,29). The Morgan fingerprint density at radius 3 is 2.63 bits per heavy atom. The van der Waals surface area contributed by atoms with E-state index in [2.05, 4.69) is 21.3 Å². The number of nitrogens with one attached hydrogen (secondary N) is 1. The van der Waals surface area contributed by atoms with Crippen molar-refractivity contribution >= 4 is 23.3 Å². The minimum atomic E-state index is -0.439. The van der Waals surface area contributed by atoms with Crippen LogP contribution in [0, 0.1) is 0 Å². The lowest BCUT2D eigenvalue weighted by Gasteiger charge is -2.40. The quantitative estimate of drug-likeness (QED) is 0.831. The number of aromatic nitrogens is 2. The van der Waals surface area contributed by atoms with E-state index < -0.39 is 5.41 Å². The zero-order chi connectivity index (χ0) is 20.5. The molecule has 6 rings (SSSR count). The van der Waals surface area contributed by atoms with Crippen LogP contribution in [-0.2, 0) is 16.6 Å². The molecule has 0 radical (unpaired) electrons. The first-order chi connectivity index (χ1) is 14.6. The van der Waals surface area contributed by atoms with Gasteiger partial charge < -0.3 is 15.1 Å². The Labute approximate surface area is 175 Å². The van der Waals surface area contributed by atoms with Crippen molar-refractivity contribution in [1.29, 1.82) is 0 Å². The number of piperidine rings is 1. The summed E-state index contributed by atoms with van der Waals surface area (Å²) in [6, 6.07) is 8.17. The van der Waals surface area contributed by atoms with Crippen LogP contribution < -0.4 is 15.1 Å². The summed E-state index contributed by atoms with van der Waals surface area (Å²) in [5.74, 6) is 2.22. The third kappa shape index (κ3) is 2.44. The van der Waals surface area contributed by atoms with Gasteiger partial charge in [0, 0.05) is 43.9 Å². The van der Waals surface area contributed by atoms with Crippen molar-refractivity contribution in [1.82, 2.24) is 15.3 Å². The summed E-state index contributed by atoms with van der Waals surface area (Å²) >= 11 is 0. The largest absolute Gasteiger partial charge is 0.356 e. The highest BCUT2D eigenvalue weighted by Gasteiger charge is 2.51. The number of anilines is 2. The molecule has 154 valence electrons. The van der Waals surface area contributed by atoms with Gasteiger partial charge in [-0.3, -0.25) is 9.59 Å². The van der Waals surface area contributed by atoms with Crippen molar-refractivity contribution in [3.05, 3.63) is 46.9 Å². The molecule has 0 bridgehead atoms. The molecule has 30 heavy (non-hydrogen) atoms. The smallest absolute Gasteiger partial charge is 0.270 e. The minimum absolute atomic E-state index is 0.0863. The Bertz CT molecular complexity index is 1070. The highest BCUT2D eigenvalue weighted by molar-refractivity contribution is 6.08. The molecule has 0 unspecified atom stereocenters. The van der Waals surface area contributed by atoms with E-state index in [1.54, 1.807) is 0 Å². The number of fused-ring (bicyclic) bond motifs is 3. The third-order valence-electron chi connectivity index (χ3n) is 7.23. The van der Waals surface area contributed by atoms with Crippen LogP contribution in [0.4, 0.5) is 11.5 Å². The van der Waals surface area contributed by atoms with Gasteiger partial charge in [-0.05, 0) is 43.7 Å². The Balaban J connectivity index is 1.35. The van der Waals surface area contributed by atoms with E-state index in [-0.39, 0.29) is 11.8 Å². The molecule has 1 spiro atoms. The number of hydrogen-bond donors (Lipinski definition) is 1. The maximum Gasteiger partial charge on any atom is 0.270 e. The van der Waals surface area contributed by atoms with Gasteiger partial charge in [0.15, 0.2) is 0 Å². The zero-order valence-corrected chi connectivity index (χ0v) is 17.1. The molecule has 1 saturated heterocycles. The van der Waals surface area contributed by atoms with Gasteiger partial charge in [-0.1, -0.05) is 18.2 Å². The predicted molar refractivity (Wildman–Crippen MR) is 113 cm³/mol. The number of nitrogens with zero attached hydrogens (tertiary/aromatic N) is 4. The first-order valence-electron chi connectivity index (χ1n) is 10.9. The Hall–Kier alpha value is -2.96. The van der Waals surface area contributed by atoms with Crippen LogP contribution in [0.1, 0.15) is 59.0 Å². The van der Waals surface area contributed by atoms with Gasteiger partial charge in [0.25, 0.3) is 5.91 Å². The van der Waals surface area contributed by atoms with Crippen LogP contribution in [0.3, 0.4) is 0 Å². The van der Waals surface area contributed by atoms with Crippen LogP contribution in [0.2, 0.25) is 0 Å². The van der Waals surface area contributed by atoms with Gasteiger partial charge >= 0.3 is 0 Å². The molecule has 1 aliphatic carbocycles. The fraction of sp³-hybridized carbons (Fsp3) is 0.478. The second-order valence-electron chi connectivity index (χ2n) is 8.96. The van der Waals surface area contributed by atoms with E-state index in [4.69, 9.17) is 4.98 Å². The molecule has 2 amide bonds. The first-order valence-corrected chi connectivity index (χ1v) is 10.9. The Morgan fingerprint density at radius 2 is 1.87 bits per heavy atom. The maximum atomic E-state index is 13.2. The van der Waals surface area contributed by atoms with Crippen molar-refractivity contribution in [2.24, 2.45) is 0 Å². The molecular weight excluding hydrogens is 378 g/mol. The fourth-order valence-corrected chi connectivity index (χ4v) is 5.38. The van der Waals surface area contributed by atoms with E-state index in [1.807, 2.05) is 30.1 Å². The number of amides is 2. The molecule has 1 aromatic carbocycles. The summed E-state index contributed by atoms with van der Waals surface area (Å²) in [4.78, 5) is 39.4. The van der Waals surface area contributed by atoms with Crippen LogP contribution in [-0.4, -0.2) is 48.5 Å². The Morgan fingerprint density at radius 1 is 1.10 bits per heavy atom. The van der Waals surface area contributed by atoms with E-state index in [9.17, 15) is 9.59 Å². The number of benzene rings is 1. The van der Waals surface area contributed by atoms with Crippen LogP contribution in [0.15, 0.2) is 24.3 Å². The average Bonchev–Trinajstić information content (AvgIpc) is 3.61. The lowest BCUT2D eigenvalue weighted by atomic mass is 9.73. The number of hydrogen-bond acceptors (Lipinski definition) is 5. The van der Waals surface area contributed by atoms with Crippen molar-refractivity contribution < 1.29 is 9.59 Å². The number of para-hydroxylation sites is 1. The topological polar surface area (TPSA) is 78.4 Å². The van der Waals surface area contributed by atoms with Crippen LogP contribution >= 0.6 is 0 Å². The van der Waals surface area contributed by atoms with Gasteiger partial charge in [0.1, 0.15) is 17.3 Å². The molecule has 2 aromatic rings. The normalized spacial score (nSPS) is 22.2. The predicted octanol–water partition coefficient (Wildman–Crippen LogP) is 2.15. The fourth-order valence-electron chi connectivity index (χ4n) is 5.38. The highest BCUT2D eigenvalue weighted by atomic mass is 16.2. The van der Waals surface area contributed by atoms with Crippen LogP contribution in [0.25, 0.3) is 0 Å². The second-order valence-corrected chi connectivity index (χ2v) is 8.96. The van der Waals surface area contributed by atoms with Crippen molar-refractivity contribution in [2.75, 3.05) is 36.5 Å². The summed E-state index contributed by atoms with van der Waals surface area (Å²) in [6.07, 6.45) is 4.47. The molecular formula is C23H25N5O2. The first kappa shape index (κ1) is 17.9. The van der Waals surface area contributed by atoms with Crippen molar-refractivity contribution in [3.63, 3.8) is 0 Å². The third-order valence-corrected chi connectivity index (χ3v) is 7.23. The van der Waals surface area contributed by atoms with Crippen LogP contribution in [0.5, 0.6) is 0 Å². The lowest BCUT2D eigenvalue weighted by molar-refractivity contribution is -0.123. The van der Waals surface area contributed by atoms with Gasteiger partial charge in [0.2, 0.25) is 5.91 Å². The molecule has 3 aliphatic heterocycles. The van der Waals surface area contributed by atoms with Crippen molar-refractivity contribution in [3.8, 4) is 0 Å². The summed E-state index contributed by atoms with van der Waals surface area (Å²) < 4.78 is 0. The van der Waals surface area contributed by atoms with E-state index in [0.717, 1.165) is 73.7 Å². The molecule has 7 nitrogen and oxygen atoms in total. The molecule has 2 fully saturated rings. The van der Waals surface area contributed by atoms with Gasteiger partial charge in [-0.2, -0.15) is 0 Å². The SMILES string of the molecule is CN1C(=O)C2(CCN(c3nc(C4CC4)nc4c3CCNC4=O)CC2)c2ccccc21. The van der Waals surface area contributed by atoms with Gasteiger partial charge in [0.05, 0.1) is 5.41 Å². The molecule has 1 aromatic heterocycles.